The summed E-state index contributed by atoms with van der Waals surface area (Å²) in [6, 6.07) is 0.451. The van der Waals surface area contributed by atoms with E-state index in [9.17, 15) is 9.59 Å². The molecule has 0 unspecified atom stereocenters. The highest BCUT2D eigenvalue weighted by Gasteiger charge is 2.31. The zero-order valence-corrected chi connectivity index (χ0v) is 21.6. The number of nitrogens with two attached hydrogens (primary N) is 2. The first-order valence-corrected chi connectivity index (χ1v) is 12.1. The molecule has 2 rings (SSSR count). The van der Waals surface area contributed by atoms with Crippen molar-refractivity contribution < 1.29 is 19.1 Å². The number of hydrogen-bond acceptors (Lipinski definition) is 6. The Labute approximate surface area is 195 Å². The van der Waals surface area contributed by atoms with Gasteiger partial charge >= 0.3 is 12.2 Å². The molecule has 32 heavy (non-hydrogen) atoms. The SMILES string of the molecule is CC[C@@H]1CN(C(=O)OC(C)(C)C)CC[C@@H]1N.CC[C@H]1CN(C(=O)OC(C)(C)C)CC[C@H]1N. The number of carbonyl (C=O) groups is 2. The van der Waals surface area contributed by atoms with Crippen LogP contribution in [0.2, 0.25) is 0 Å². The summed E-state index contributed by atoms with van der Waals surface area (Å²) in [7, 11) is 0. The fourth-order valence-corrected chi connectivity index (χ4v) is 3.95. The highest BCUT2D eigenvalue weighted by Crippen LogP contribution is 2.21. The molecule has 2 aliphatic rings. The third kappa shape index (κ3) is 9.94. The van der Waals surface area contributed by atoms with Gasteiger partial charge in [-0.2, -0.15) is 0 Å². The number of rotatable bonds is 2. The van der Waals surface area contributed by atoms with Crippen LogP contribution >= 0.6 is 0 Å². The van der Waals surface area contributed by atoms with Crippen molar-refractivity contribution in [2.75, 3.05) is 26.2 Å². The largest absolute Gasteiger partial charge is 0.444 e. The van der Waals surface area contributed by atoms with Gasteiger partial charge in [0, 0.05) is 38.3 Å². The Morgan fingerprint density at radius 1 is 0.750 bits per heavy atom. The second-order valence-electron chi connectivity index (χ2n) is 11.1. The van der Waals surface area contributed by atoms with Crippen molar-refractivity contribution in [3.8, 4) is 0 Å². The maximum absolute atomic E-state index is 11.8. The highest BCUT2D eigenvalue weighted by molar-refractivity contribution is 5.68. The molecule has 4 N–H and O–H groups in total. The molecule has 2 saturated heterocycles. The van der Waals surface area contributed by atoms with E-state index < -0.39 is 11.2 Å². The second-order valence-corrected chi connectivity index (χ2v) is 11.1. The molecule has 2 heterocycles. The molecule has 8 heteroatoms. The van der Waals surface area contributed by atoms with E-state index in [0.717, 1.165) is 38.8 Å². The molecule has 0 radical (unpaired) electrons. The summed E-state index contributed by atoms with van der Waals surface area (Å²) in [6.45, 7) is 18.4. The van der Waals surface area contributed by atoms with Crippen molar-refractivity contribution in [1.29, 1.82) is 0 Å². The molecule has 0 bridgehead atoms. The van der Waals surface area contributed by atoms with Crippen LogP contribution in [0.15, 0.2) is 0 Å². The van der Waals surface area contributed by atoms with Crippen molar-refractivity contribution in [2.45, 2.75) is 104 Å². The Morgan fingerprint density at radius 2 is 1.06 bits per heavy atom. The minimum Gasteiger partial charge on any atom is -0.444 e. The lowest BCUT2D eigenvalue weighted by Crippen LogP contribution is -2.50. The van der Waals surface area contributed by atoms with Gasteiger partial charge in [0.25, 0.3) is 0 Å². The summed E-state index contributed by atoms with van der Waals surface area (Å²) < 4.78 is 10.7. The molecule has 2 aliphatic heterocycles. The maximum atomic E-state index is 11.8. The van der Waals surface area contributed by atoms with Crippen LogP contribution in [0.5, 0.6) is 0 Å². The zero-order valence-electron chi connectivity index (χ0n) is 21.6. The summed E-state index contributed by atoms with van der Waals surface area (Å²) in [6.07, 6.45) is 3.35. The van der Waals surface area contributed by atoms with Gasteiger partial charge in [0.1, 0.15) is 11.2 Å². The lowest BCUT2D eigenvalue weighted by molar-refractivity contribution is 0.0136. The standard InChI is InChI=1S/2C12H24N2O2/c2*1-5-9-8-14(7-6-10(9)13)11(15)16-12(2,3)4/h2*9-10H,5-8,13H2,1-4H3/t2*9-,10+/m10/s1. The number of likely N-dealkylation sites (tertiary alicyclic amines) is 2. The third-order valence-corrected chi connectivity index (χ3v) is 5.94. The van der Waals surface area contributed by atoms with Crippen molar-refractivity contribution in [2.24, 2.45) is 23.3 Å². The van der Waals surface area contributed by atoms with Crippen molar-refractivity contribution in [1.82, 2.24) is 9.80 Å². The van der Waals surface area contributed by atoms with Crippen LogP contribution in [0.4, 0.5) is 9.59 Å². The van der Waals surface area contributed by atoms with Gasteiger partial charge in [-0.15, -0.1) is 0 Å². The molecule has 0 aliphatic carbocycles. The van der Waals surface area contributed by atoms with E-state index in [4.69, 9.17) is 20.9 Å². The fourth-order valence-electron chi connectivity index (χ4n) is 3.95. The van der Waals surface area contributed by atoms with Crippen LogP contribution in [0.25, 0.3) is 0 Å². The van der Waals surface area contributed by atoms with E-state index in [0.29, 0.717) is 24.9 Å². The summed E-state index contributed by atoms with van der Waals surface area (Å²) in [5.41, 5.74) is 11.2. The molecule has 2 fully saturated rings. The van der Waals surface area contributed by atoms with Crippen LogP contribution in [0.3, 0.4) is 0 Å². The summed E-state index contributed by atoms with van der Waals surface area (Å²) in [5.74, 6) is 0.808. The van der Waals surface area contributed by atoms with Crippen molar-refractivity contribution in [3.63, 3.8) is 0 Å². The number of piperidine rings is 2. The van der Waals surface area contributed by atoms with Gasteiger partial charge < -0.3 is 30.7 Å². The monoisotopic (exact) mass is 456 g/mol. The minimum atomic E-state index is -0.418. The zero-order chi connectivity index (χ0) is 24.7. The minimum absolute atomic E-state index is 0.210. The van der Waals surface area contributed by atoms with E-state index in [1.54, 1.807) is 9.80 Å². The highest BCUT2D eigenvalue weighted by atomic mass is 16.6. The van der Waals surface area contributed by atoms with Gasteiger partial charge in [0.15, 0.2) is 0 Å². The quantitative estimate of drug-likeness (QED) is 0.650. The molecule has 0 aromatic rings. The number of nitrogens with zero attached hydrogens (tertiary/aromatic N) is 2. The van der Waals surface area contributed by atoms with E-state index in [-0.39, 0.29) is 24.3 Å². The lowest BCUT2D eigenvalue weighted by atomic mass is 9.91. The Morgan fingerprint density at radius 3 is 1.31 bits per heavy atom. The fraction of sp³-hybridized carbons (Fsp3) is 0.917. The van der Waals surface area contributed by atoms with Crippen LogP contribution in [-0.2, 0) is 9.47 Å². The molecule has 0 aromatic heterocycles. The van der Waals surface area contributed by atoms with Gasteiger partial charge in [-0.25, -0.2) is 9.59 Å². The Bertz CT molecular complexity index is 548. The Balaban J connectivity index is 0.000000320. The molecule has 0 spiro atoms. The number of carbonyl (C=O) groups excluding carboxylic acids is 2. The van der Waals surface area contributed by atoms with Gasteiger partial charge in [0.05, 0.1) is 0 Å². The molecule has 4 atom stereocenters. The van der Waals surface area contributed by atoms with E-state index in [1.807, 2.05) is 41.5 Å². The average molecular weight is 457 g/mol. The van der Waals surface area contributed by atoms with Gasteiger partial charge in [-0.1, -0.05) is 26.7 Å². The van der Waals surface area contributed by atoms with Gasteiger partial charge in [-0.05, 0) is 66.2 Å². The summed E-state index contributed by atoms with van der Waals surface area (Å²) in [5, 5.41) is 0. The van der Waals surface area contributed by atoms with E-state index in [1.165, 1.54) is 0 Å². The Hall–Kier alpha value is -1.54. The lowest BCUT2D eigenvalue weighted by Gasteiger charge is -2.37. The van der Waals surface area contributed by atoms with Crippen LogP contribution < -0.4 is 11.5 Å². The van der Waals surface area contributed by atoms with E-state index in [2.05, 4.69) is 13.8 Å². The molecular weight excluding hydrogens is 408 g/mol. The first-order valence-electron chi connectivity index (χ1n) is 12.1. The summed E-state index contributed by atoms with van der Waals surface area (Å²) in [4.78, 5) is 27.3. The first-order chi connectivity index (χ1) is 14.7. The molecule has 2 amide bonds. The number of ether oxygens (including phenoxy) is 2. The smallest absolute Gasteiger partial charge is 0.410 e. The molecule has 8 nitrogen and oxygen atoms in total. The number of hydrogen-bond donors (Lipinski definition) is 2. The average Bonchev–Trinajstić information content (AvgIpc) is 2.66. The van der Waals surface area contributed by atoms with E-state index >= 15 is 0 Å². The molecule has 188 valence electrons. The molecular formula is C24H48N4O4. The summed E-state index contributed by atoms with van der Waals surface area (Å²) >= 11 is 0. The van der Waals surface area contributed by atoms with Crippen LogP contribution in [0.1, 0.15) is 81.1 Å². The predicted molar refractivity (Wildman–Crippen MR) is 128 cm³/mol. The Kier molecular flexibility index (Phi) is 10.7. The topological polar surface area (TPSA) is 111 Å². The van der Waals surface area contributed by atoms with Gasteiger partial charge in [0.2, 0.25) is 0 Å². The molecule has 0 aromatic carbocycles. The van der Waals surface area contributed by atoms with Crippen LogP contribution in [-0.4, -0.2) is 71.5 Å². The first kappa shape index (κ1) is 28.5. The second kappa shape index (κ2) is 12.1. The van der Waals surface area contributed by atoms with Gasteiger partial charge in [-0.3, -0.25) is 0 Å². The predicted octanol–water partition coefficient (Wildman–Crippen LogP) is 3.96. The normalized spacial score (nSPS) is 26.7. The molecule has 0 saturated carbocycles. The third-order valence-electron chi connectivity index (χ3n) is 5.94. The number of amides is 2. The van der Waals surface area contributed by atoms with Crippen molar-refractivity contribution in [3.05, 3.63) is 0 Å². The maximum Gasteiger partial charge on any atom is 0.410 e. The van der Waals surface area contributed by atoms with Crippen molar-refractivity contribution >= 4 is 12.2 Å². The van der Waals surface area contributed by atoms with Crippen LogP contribution in [0, 0.1) is 11.8 Å².